The fourth-order valence-electron chi connectivity index (χ4n) is 0.748. The normalized spacial score (nSPS) is 9.62. The van der Waals surface area contributed by atoms with Crippen molar-refractivity contribution in [1.29, 1.82) is 0 Å². The van der Waals surface area contributed by atoms with Gasteiger partial charge in [-0.25, -0.2) is 0 Å². The van der Waals surface area contributed by atoms with Gasteiger partial charge in [0.15, 0.2) is 0 Å². The van der Waals surface area contributed by atoms with Gasteiger partial charge in [0.2, 0.25) is 0 Å². The second-order valence-electron chi connectivity index (χ2n) is 1.80. The van der Waals surface area contributed by atoms with E-state index in [-0.39, 0.29) is 0 Å². The summed E-state index contributed by atoms with van der Waals surface area (Å²) in [5, 5.41) is 4.00. The molecule has 0 aliphatic rings. The molecule has 0 saturated carbocycles. The van der Waals surface area contributed by atoms with Crippen LogP contribution in [0.5, 0.6) is 0 Å². The Morgan fingerprint density at radius 2 is 2.62 bits per heavy atom. The zero-order valence-corrected chi connectivity index (χ0v) is 5.26. The van der Waals surface area contributed by atoms with Gasteiger partial charge in [-0.05, 0) is 12.4 Å². The molecule has 0 fully saturated rings. The Morgan fingerprint density at radius 3 is 2.88 bits per heavy atom. The molecule has 0 N–H and O–H groups in total. The number of hydrogen-bond donors (Lipinski definition) is 0. The van der Waals surface area contributed by atoms with E-state index in [2.05, 4.69) is 12.9 Å². The number of rotatable bonds is 1. The van der Waals surface area contributed by atoms with E-state index in [1.165, 1.54) is 5.69 Å². The summed E-state index contributed by atoms with van der Waals surface area (Å²) in [6, 6.07) is 2.03. The van der Waals surface area contributed by atoms with Crippen molar-refractivity contribution < 1.29 is 0 Å². The van der Waals surface area contributed by atoms with Gasteiger partial charge in [-0.15, -0.1) is 0 Å². The first-order valence-corrected chi connectivity index (χ1v) is 2.81. The molecule has 8 heavy (non-hydrogen) atoms. The van der Waals surface area contributed by atoms with E-state index in [0.29, 0.717) is 0 Å². The van der Waals surface area contributed by atoms with Crippen LogP contribution in [0.4, 0.5) is 0 Å². The van der Waals surface area contributed by atoms with Crippen molar-refractivity contribution in [3.05, 3.63) is 18.0 Å². The first-order chi connectivity index (χ1) is 3.84. The summed E-state index contributed by atoms with van der Waals surface area (Å²) in [4.78, 5) is 0. The quantitative estimate of drug-likeness (QED) is 0.445. The molecule has 1 aromatic heterocycles. The maximum absolute atomic E-state index is 4.00. The van der Waals surface area contributed by atoms with Crippen molar-refractivity contribution in [1.82, 2.24) is 9.78 Å². The number of hydrogen-bond acceptors (Lipinski definition) is 1. The minimum Gasteiger partial charge on any atom is -0.273 e. The fraction of sp³-hybridized carbons (Fsp3) is 0.400. The Balaban J connectivity index is 2.92. The zero-order valence-electron chi connectivity index (χ0n) is 5.26. The molecule has 1 aromatic rings. The molecular formula is C5H9BN2. The lowest BCUT2D eigenvalue weighted by molar-refractivity contribution is 0.735. The number of aromatic nitrogens is 2. The molecule has 1 rings (SSSR count). The van der Waals surface area contributed by atoms with Crippen LogP contribution in [-0.4, -0.2) is 17.6 Å². The zero-order chi connectivity index (χ0) is 5.98. The van der Waals surface area contributed by atoms with Gasteiger partial charge in [0.05, 0.1) is 0 Å². The summed E-state index contributed by atoms with van der Waals surface area (Å²) in [5.74, 6) is 0. The average Bonchev–Trinajstić information content (AvgIpc) is 2.14. The van der Waals surface area contributed by atoms with E-state index in [1.807, 2.05) is 24.0 Å². The highest BCUT2D eigenvalue weighted by Gasteiger charge is 1.90. The predicted octanol–water partition coefficient (Wildman–Crippen LogP) is -0.447. The smallest absolute Gasteiger partial charge is 0.109 e. The van der Waals surface area contributed by atoms with E-state index in [4.69, 9.17) is 0 Å². The summed E-state index contributed by atoms with van der Waals surface area (Å²) in [7, 11) is 4.08. The monoisotopic (exact) mass is 108 g/mol. The van der Waals surface area contributed by atoms with Gasteiger partial charge in [-0.1, -0.05) is 0 Å². The minimum atomic E-state index is 1.07. The Bertz CT molecular complexity index is 171. The topological polar surface area (TPSA) is 17.8 Å². The lowest BCUT2D eigenvalue weighted by atomic mass is 10.0. The molecule has 42 valence electrons. The second kappa shape index (κ2) is 2.03. The van der Waals surface area contributed by atoms with Gasteiger partial charge >= 0.3 is 0 Å². The van der Waals surface area contributed by atoms with Crippen molar-refractivity contribution in [2.75, 3.05) is 0 Å². The lowest BCUT2D eigenvalue weighted by Gasteiger charge is -1.92. The molecule has 0 aliphatic heterocycles. The highest BCUT2D eigenvalue weighted by molar-refractivity contribution is 6.08. The van der Waals surface area contributed by atoms with Crippen molar-refractivity contribution in [2.24, 2.45) is 7.05 Å². The van der Waals surface area contributed by atoms with Crippen molar-refractivity contribution >= 4 is 7.85 Å². The first kappa shape index (κ1) is 5.41. The fourth-order valence-corrected chi connectivity index (χ4v) is 0.748. The molecule has 1 heterocycles. The van der Waals surface area contributed by atoms with Gasteiger partial charge in [0.25, 0.3) is 0 Å². The predicted molar refractivity (Wildman–Crippen MR) is 35.5 cm³/mol. The van der Waals surface area contributed by atoms with Gasteiger partial charge in [0.1, 0.15) is 7.85 Å². The molecule has 0 unspecified atom stereocenters. The molecule has 0 aliphatic carbocycles. The molecule has 0 amide bonds. The van der Waals surface area contributed by atoms with Gasteiger partial charge in [0, 0.05) is 18.9 Å². The van der Waals surface area contributed by atoms with Crippen molar-refractivity contribution in [3.8, 4) is 0 Å². The van der Waals surface area contributed by atoms with Crippen LogP contribution in [0.3, 0.4) is 0 Å². The highest BCUT2D eigenvalue weighted by atomic mass is 15.2. The largest absolute Gasteiger partial charge is 0.273 e. The summed E-state index contributed by atoms with van der Waals surface area (Å²) >= 11 is 0. The molecule has 0 spiro atoms. The number of aryl methyl sites for hydroxylation is 1. The highest BCUT2D eigenvalue weighted by Crippen LogP contribution is 1.92. The Hall–Kier alpha value is -0.725. The Kier molecular flexibility index (Phi) is 1.37. The third-order valence-corrected chi connectivity index (χ3v) is 1.28. The molecule has 0 aromatic carbocycles. The summed E-state index contributed by atoms with van der Waals surface area (Å²) in [5.41, 5.74) is 1.28. The van der Waals surface area contributed by atoms with Crippen LogP contribution < -0.4 is 0 Å². The third kappa shape index (κ3) is 0.758. The van der Waals surface area contributed by atoms with Crippen LogP contribution in [0.2, 0.25) is 0 Å². The Labute approximate surface area is 49.9 Å². The maximum Gasteiger partial charge on any atom is 0.109 e. The summed E-state index contributed by atoms with van der Waals surface area (Å²) in [6.45, 7) is 0. The van der Waals surface area contributed by atoms with Crippen molar-refractivity contribution in [3.63, 3.8) is 0 Å². The lowest BCUT2D eigenvalue weighted by Crippen LogP contribution is -1.96. The van der Waals surface area contributed by atoms with Crippen LogP contribution in [0, 0.1) is 0 Å². The third-order valence-electron chi connectivity index (χ3n) is 1.28. The van der Waals surface area contributed by atoms with E-state index < -0.39 is 0 Å². The van der Waals surface area contributed by atoms with Crippen molar-refractivity contribution in [2.45, 2.75) is 6.32 Å². The molecule has 3 heteroatoms. The maximum atomic E-state index is 4.00. The standard InChI is InChI=1S/C5H9BN2/c1-8-5(4-6)2-3-7-8/h2-3H,4,6H2,1H3. The molecule has 0 saturated heterocycles. The molecule has 0 bridgehead atoms. The first-order valence-electron chi connectivity index (χ1n) is 2.81. The summed E-state index contributed by atoms with van der Waals surface area (Å²) < 4.78 is 1.89. The van der Waals surface area contributed by atoms with Crippen LogP contribution in [-0.2, 0) is 13.4 Å². The van der Waals surface area contributed by atoms with E-state index in [9.17, 15) is 0 Å². The average molecular weight is 108 g/mol. The van der Waals surface area contributed by atoms with Gasteiger partial charge in [-0.2, -0.15) is 5.10 Å². The molecule has 0 atom stereocenters. The summed E-state index contributed by atoms with van der Waals surface area (Å²) in [6.07, 6.45) is 2.88. The van der Waals surface area contributed by atoms with Gasteiger partial charge < -0.3 is 0 Å². The SMILES string of the molecule is BCc1ccnn1C. The van der Waals surface area contributed by atoms with Gasteiger partial charge in [-0.3, -0.25) is 4.68 Å². The van der Waals surface area contributed by atoms with E-state index in [0.717, 1.165) is 6.32 Å². The van der Waals surface area contributed by atoms with Crippen LogP contribution in [0.1, 0.15) is 5.69 Å². The van der Waals surface area contributed by atoms with Crippen LogP contribution in [0.25, 0.3) is 0 Å². The van der Waals surface area contributed by atoms with E-state index in [1.54, 1.807) is 0 Å². The second-order valence-corrected chi connectivity index (χ2v) is 1.80. The molecular weight excluding hydrogens is 98.9 g/mol. The number of nitrogens with zero attached hydrogens (tertiary/aromatic N) is 2. The minimum absolute atomic E-state index is 1.07. The Morgan fingerprint density at radius 1 is 1.88 bits per heavy atom. The van der Waals surface area contributed by atoms with Crippen LogP contribution >= 0.6 is 0 Å². The van der Waals surface area contributed by atoms with E-state index >= 15 is 0 Å². The molecule has 0 radical (unpaired) electrons. The molecule has 2 nitrogen and oxygen atoms in total. The van der Waals surface area contributed by atoms with Crippen LogP contribution in [0.15, 0.2) is 12.3 Å².